The average Bonchev–Trinajstić information content (AvgIpc) is 2.56. The number of nitrogens with one attached hydrogen (secondary N) is 1. The molecule has 0 amide bonds. The Labute approximate surface area is 102 Å². The standard InChI is InChI=1S/C13H20N4/c1-9-7-10(2)15-13(14-9)17-6-5-11-3-4-12(8-17)16-11/h7,11-12,16H,3-6,8H2,1-2H3. The van der Waals surface area contributed by atoms with Crippen molar-refractivity contribution < 1.29 is 0 Å². The number of nitrogens with zero attached hydrogens (tertiary/aromatic N) is 3. The Hall–Kier alpha value is -1.16. The molecule has 17 heavy (non-hydrogen) atoms. The molecule has 2 atom stereocenters. The third kappa shape index (κ3) is 2.27. The molecule has 0 spiro atoms. The molecule has 1 aromatic rings. The Morgan fingerprint density at radius 1 is 1.12 bits per heavy atom. The zero-order valence-corrected chi connectivity index (χ0v) is 10.6. The zero-order valence-electron chi connectivity index (χ0n) is 10.6. The molecule has 4 heteroatoms. The van der Waals surface area contributed by atoms with Crippen molar-refractivity contribution in [2.75, 3.05) is 18.0 Å². The van der Waals surface area contributed by atoms with Gasteiger partial charge in [-0.1, -0.05) is 0 Å². The Kier molecular flexibility index (Phi) is 2.74. The first kappa shape index (κ1) is 11.0. The van der Waals surface area contributed by atoms with Crippen LogP contribution in [0.3, 0.4) is 0 Å². The van der Waals surface area contributed by atoms with Crippen LogP contribution in [0.4, 0.5) is 5.95 Å². The molecule has 0 aliphatic carbocycles. The van der Waals surface area contributed by atoms with Crippen LogP contribution in [0.15, 0.2) is 6.07 Å². The Balaban J connectivity index is 1.83. The molecule has 4 nitrogen and oxygen atoms in total. The van der Waals surface area contributed by atoms with E-state index in [2.05, 4.69) is 20.2 Å². The lowest BCUT2D eigenvalue weighted by atomic mass is 10.1. The number of aryl methyl sites for hydroxylation is 2. The van der Waals surface area contributed by atoms with Crippen LogP contribution in [-0.4, -0.2) is 35.1 Å². The first-order valence-electron chi connectivity index (χ1n) is 6.54. The fraction of sp³-hybridized carbons (Fsp3) is 0.692. The highest BCUT2D eigenvalue weighted by Gasteiger charge is 2.30. The summed E-state index contributed by atoms with van der Waals surface area (Å²) in [6.07, 6.45) is 3.85. The molecular formula is C13H20N4. The van der Waals surface area contributed by atoms with E-state index < -0.39 is 0 Å². The Morgan fingerprint density at radius 3 is 2.59 bits per heavy atom. The molecule has 3 rings (SSSR count). The van der Waals surface area contributed by atoms with Crippen LogP contribution in [0.5, 0.6) is 0 Å². The molecule has 2 aliphatic rings. The molecule has 3 heterocycles. The fourth-order valence-corrected chi connectivity index (χ4v) is 2.97. The quantitative estimate of drug-likeness (QED) is 0.795. The highest BCUT2D eigenvalue weighted by atomic mass is 15.3. The van der Waals surface area contributed by atoms with E-state index in [9.17, 15) is 0 Å². The summed E-state index contributed by atoms with van der Waals surface area (Å²) in [6, 6.07) is 3.38. The van der Waals surface area contributed by atoms with Crippen molar-refractivity contribution in [3.8, 4) is 0 Å². The summed E-state index contributed by atoms with van der Waals surface area (Å²) in [4.78, 5) is 11.5. The lowest BCUT2D eigenvalue weighted by Gasteiger charge is -2.24. The van der Waals surface area contributed by atoms with Crippen molar-refractivity contribution in [1.82, 2.24) is 15.3 Å². The minimum Gasteiger partial charge on any atom is -0.339 e. The van der Waals surface area contributed by atoms with Crippen molar-refractivity contribution in [2.45, 2.75) is 45.2 Å². The van der Waals surface area contributed by atoms with Crippen molar-refractivity contribution in [1.29, 1.82) is 0 Å². The van der Waals surface area contributed by atoms with Gasteiger partial charge in [-0.05, 0) is 39.2 Å². The van der Waals surface area contributed by atoms with Crippen LogP contribution in [-0.2, 0) is 0 Å². The van der Waals surface area contributed by atoms with Crippen molar-refractivity contribution in [3.63, 3.8) is 0 Å². The number of hydrogen-bond acceptors (Lipinski definition) is 4. The summed E-state index contributed by atoms with van der Waals surface area (Å²) in [5.41, 5.74) is 2.13. The van der Waals surface area contributed by atoms with Crippen LogP contribution in [0.25, 0.3) is 0 Å². The first-order chi connectivity index (χ1) is 8.20. The summed E-state index contributed by atoms with van der Waals surface area (Å²) in [7, 11) is 0. The number of rotatable bonds is 1. The predicted molar refractivity (Wildman–Crippen MR) is 68.3 cm³/mol. The summed E-state index contributed by atoms with van der Waals surface area (Å²) >= 11 is 0. The van der Waals surface area contributed by atoms with Crippen LogP contribution in [0, 0.1) is 13.8 Å². The maximum absolute atomic E-state index is 4.57. The summed E-state index contributed by atoms with van der Waals surface area (Å²) in [6.45, 7) is 6.22. The maximum Gasteiger partial charge on any atom is 0.225 e. The smallest absolute Gasteiger partial charge is 0.225 e. The molecule has 2 aliphatic heterocycles. The molecule has 2 unspecified atom stereocenters. The largest absolute Gasteiger partial charge is 0.339 e. The minimum absolute atomic E-state index is 0.631. The molecular weight excluding hydrogens is 212 g/mol. The summed E-state index contributed by atoms with van der Waals surface area (Å²) in [5.74, 6) is 0.914. The molecule has 2 bridgehead atoms. The minimum atomic E-state index is 0.631. The first-order valence-corrected chi connectivity index (χ1v) is 6.54. The summed E-state index contributed by atoms with van der Waals surface area (Å²) in [5, 5.41) is 3.68. The van der Waals surface area contributed by atoms with Gasteiger partial charge in [-0.15, -0.1) is 0 Å². The molecule has 2 saturated heterocycles. The second kappa shape index (κ2) is 4.26. The Morgan fingerprint density at radius 2 is 1.82 bits per heavy atom. The third-order valence-electron chi connectivity index (χ3n) is 3.78. The van der Waals surface area contributed by atoms with E-state index in [-0.39, 0.29) is 0 Å². The van der Waals surface area contributed by atoms with Gasteiger partial charge in [0.05, 0.1) is 0 Å². The number of hydrogen-bond donors (Lipinski definition) is 1. The van der Waals surface area contributed by atoms with E-state index in [0.717, 1.165) is 36.5 Å². The fourth-order valence-electron chi connectivity index (χ4n) is 2.97. The number of fused-ring (bicyclic) bond motifs is 2. The molecule has 0 saturated carbocycles. The lowest BCUT2D eigenvalue weighted by molar-refractivity contribution is 0.563. The van der Waals surface area contributed by atoms with Gasteiger partial charge >= 0.3 is 0 Å². The van der Waals surface area contributed by atoms with E-state index >= 15 is 0 Å². The van der Waals surface area contributed by atoms with Gasteiger partial charge in [0.2, 0.25) is 5.95 Å². The van der Waals surface area contributed by atoms with Crippen LogP contribution in [0.2, 0.25) is 0 Å². The number of anilines is 1. The SMILES string of the molecule is Cc1cc(C)nc(N2CCC3CCC(C2)N3)n1. The average molecular weight is 232 g/mol. The second-order valence-electron chi connectivity index (χ2n) is 5.32. The zero-order chi connectivity index (χ0) is 11.8. The maximum atomic E-state index is 4.57. The second-order valence-corrected chi connectivity index (χ2v) is 5.32. The van der Waals surface area contributed by atoms with Crippen molar-refractivity contribution >= 4 is 5.95 Å². The van der Waals surface area contributed by atoms with E-state index in [1.807, 2.05) is 19.9 Å². The van der Waals surface area contributed by atoms with Gasteiger partial charge in [0.1, 0.15) is 0 Å². The van der Waals surface area contributed by atoms with Crippen molar-refractivity contribution in [3.05, 3.63) is 17.5 Å². The van der Waals surface area contributed by atoms with E-state index in [0.29, 0.717) is 6.04 Å². The Bertz CT molecular complexity index is 398. The van der Waals surface area contributed by atoms with E-state index in [1.165, 1.54) is 19.3 Å². The molecule has 2 fully saturated rings. The highest BCUT2D eigenvalue weighted by Crippen LogP contribution is 2.22. The van der Waals surface area contributed by atoms with Gasteiger partial charge in [0.15, 0.2) is 0 Å². The van der Waals surface area contributed by atoms with Gasteiger partial charge in [-0.2, -0.15) is 0 Å². The van der Waals surface area contributed by atoms with Gasteiger partial charge in [0.25, 0.3) is 0 Å². The molecule has 1 aromatic heterocycles. The molecule has 1 N–H and O–H groups in total. The van der Waals surface area contributed by atoms with Crippen LogP contribution < -0.4 is 10.2 Å². The van der Waals surface area contributed by atoms with Crippen molar-refractivity contribution in [2.24, 2.45) is 0 Å². The van der Waals surface area contributed by atoms with E-state index in [4.69, 9.17) is 0 Å². The van der Waals surface area contributed by atoms with Gasteiger partial charge in [0, 0.05) is 36.6 Å². The molecule has 0 radical (unpaired) electrons. The topological polar surface area (TPSA) is 41.1 Å². The normalized spacial score (nSPS) is 28.2. The third-order valence-corrected chi connectivity index (χ3v) is 3.78. The predicted octanol–water partition coefficient (Wildman–Crippen LogP) is 1.42. The van der Waals surface area contributed by atoms with Crippen LogP contribution in [0.1, 0.15) is 30.7 Å². The van der Waals surface area contributed by atoms with Crippen LogP contribution >= 0.6 is 0 Å². The van der Waals surface area contributed by atoms with Gasteiger partial charge in [-0.3, -0.25) is 0 Å². The monoisotopic (exact) mass is 232 g/mol. The van der Waals surface area contributed by atoms with Gasteiger partial charge < -0.3 is 10.2 Å². The number of aromatic nitrogens is 2. The van der Waals surface area contributed by atoms with Gasteiger partial charge in [-0.25, -0.2) is 9.97 Å². The molecule has 0 aromatic carbocycles. The summed E-state index contributed by atoms with van der Waals surface area (Å²) < 4.78 is 0. The highest BCUT2D eigenvalue weighted by molar-refractivity contribution is 5.33. The van der Waals surface area contributed by atoms with E-state index in [1.54, 1.807) is 0 Å². The lowest BCUT2D eigenvalue weighted by Crippen LogP contribution is -2.36. The molecule has 92 valence electrons.